The average molecular weight is 453 g/mol. The number of carbonyl (C=O) groups excluding carboxylic acids is 2. The van der Waals surface area contributed by atoms with Crippen molar-refractivity contribution in [2.45, 2.75) is 31.6 Å². The van der Waals surface area contributed by atoms with Gasteiger partial charge in [0.1, 0.15) is 0 Å². The van der Waals surface area contributed by atoms with E-state index in [4.69, 9.17) is 0 Å². The molecule has 0 radical (unpaired) electrons. The van der Waals surface area contributed by atoms with Crippen molar-refractivity contribution in [3.8, 4) is 0 Å². The van der Waals surface area contributed by atoms with Gasteiger partial charge < -0.3 is 15.1 Å². The number of hydrogen-bond donors (Lipinski definition) is 1. The van der Waals surface area contributed by atoms with Gasteiger partial charge in [0, 0.05) is 39.1 Å². The lowest BCUT2D eigenvalue weighted by molar-refractivity contribution is -0.135. The molecule has 8 nitrogen and oxygen atoms in total. The molecule has 0 bridgehead atoms. The Hall–Kier alpha value is -1.97. The highest BCUT2D eigenvalue weighted by Gasteiger charge is 2.30. The number of amides is 2. The first-order valence-electron chi connectivity index (χ1n) is 10.6. The molecule has 1 aliphatic rings. The van der Waals surface area contributed by atoms with E-state index in [2.05, 4.69) is 24.1 Å². The highest BCUT2D eigenvalue weighted by atomic mass is 32.2. The number of hydrogen-bond acceptors (Lipinski definition) is 5. The molecule has 0 atom stereocenters. The normalized spacial score (nSPS) is 16.0. The van der Waals surface area contributed by atoms with Crippen molar-refractivity contribution in [2.75, 3.05) is 53.9 Å². The fourth-order valence-electron chi connectivity index (χ4n) is 3.92. The number of piperidine rings is 1. The van der Waals surface area contributed by atoms with Crippen molar-refractivity contribution < 1.29 is 18.0 Å². The molecule has 0 spiro atoms. The smallest absolute Gasteiger partial charge is 0.243 e. The lowest BCUT2D eigenvalue weighted by Gasteiger charge is -2.33. The van der Waals surface area contributed by atoms with E-state index in [1.165, 1.54) is 19.2 Å². The van der Waals surface area contributed by atoms with Crippen LogP contribution in [0.15, 0.2) is 35.2 Å². The van der Waals surface area contributed by atoms with Crippen LogP contribution in [0.2, 0.25) is 0 Å². The van der Waals surface area contributed by atoms with E-state index < -0.39 is 10.0 Å². The molecule has 2 rings (SSSR count). The molecule has 1 N–H and O–H groups in total. The second-order valence-corrected chi connectivity index (χ2v) is 11.4. The summed E-state index contributed by atoms with van der Waals surface area (Å²) in [6, 6.07) is 8.08. The van der Waals surface area contributed by atoms with Crippen LogP contribution in [0.5, 0.6) is 0 Å². The molecule has 1 heterocycles. The van der Waals surface area contributed by atoms with E-state index in [1.54, 1.807) is 23.1 Å². The van der Waals surface area contributed by atoms with Gasteiger partial charge in [-0.05, 0) is 44.5 Å². The molecule has 0 unspecified atom stereocenters. The number of likely N-dealkylation sites (N-methyl/N-ethyl adjacent to an activating group) is 1. The van der Waals surface area contributed by atoms with Crippen molar-refractivity contribution >= 4 is 21.8 Å². The number of carbonyl (C=O) groups is 2. The maximum Gasteiger partial charge on any atom is 0.243 e. The molecule has 0 aromatic heterocycles. The van der Waals surface area contributed by atoms with Gasteiger partial charge in [0.25, 0.3) is 0 Å². The number of likely N-dealkylation sites (tertiary alicyclic amines) is 1. The third kappa shape index (κ3) is 7.29. The summed E-state index contributed by atoms with van der Waals surface area (Å²) in [6.07, 6.45) is 1.17. The Kier molecular flexibility index (Phi) is 8.62. The Morgan fingerprint density at radius 3 is 2.23 bits per heavy atom. The summed E-state index contributed by atoms with van der Waals surface area (Å²) >= 11 is 0. The summed E-state index contributed by atoms with van der Waals surface area (Å²) in [7, 11) is 1.73. The Bertz CT molecular complexity index is 848. The third-order valence-electron chi connectivity index (χ3n) is 5.51. The minimum atomic E-state index is -3.71. The van der Waals surface area contributed by atoms with Crippen molar-refractivity contribution in [1.82, 2.24) is 19.4 Å². The molecule has 9 heteroatoms. The molecule has 1 aliphatic heterocycles. The van der Waals surface area contributed by atoms with Crippen LogP contribution in [-0.4, -0.2) is 88.2 Å². The van der Waals surface area contributed by atoms with Gasteiger partial charge in [-0.15, -0.1) is 0 Å². The second kappa shape index (κ2) is 10.6. The van der Waals surface area contributed by atoms with Crippen LogP contribution < -0.4 is 5.32 Å². The minimum absolute atomic E-state index is 0.0232. The van der Waals surface area contributed by atoms with Gasteiger partial charge in [-0.25, -0.2) is 8.42 Å². The Morgan fingerprint density at radius 1 is 1.10 bits per heavy atom. The van der Waals surface area contributed by atoms with Crippen molar-refractivity contribution in [1.29, 1.82) is 0 Å². The Morgan fingerprint density at radius 2 is 1.68 bits per heavy atom. The number of nitrogens with one attached hydrogen (secondary N) is 1. The van der Waals surface area contributed by atoms with Gasteiger partial charge in [-0.2, -0.15) is 4.31 Å². The SMILES string of the molecule is CN(C)CC(C)(C)CNC(=O)C1CCN(C(=O)CN(C)S(=O)(=O)c2ccccc2)CC1. The number of benzene rings is 1. The van der Waals surface area contributed by atoms with Crippen LogP contribution in [0.4, 0.5) is 0 Å². The van der Waals surface area contributed by atoms with E-state index in [9.17, 15) is 18.0 Å². The maximum absolute atomic E-state index is 12.6. The summed E-state index contributed by atoms with van der Waals surface area (Å²) in [4.78, 5) is 29.1. The highest BCUT2D eigenvalue weighted by Crippen LogP contribution is 2.20. The molecule has 1 aromatic rings. The van der Waals surface area contributed by atoms with E-state index in [-0.39, 0.29) is 34.6 Å². The number of sulfonamides is 1. The largest absolute Gasteiger partial charge is 0.355 e. The van der Waals surface area contributed by atoms with Crippen molar-refractivity contribution in [3.63, 3.8) is 0 Å². The topological polar surface area (TPSA) is 90.0 Å². The summed E-state index contributed by atoms with van der Waals surface area (Å²) in [6.45, 7) is 6.41. The van der Waals surface area contributed by atoms with E-state index in [0.717, 1.165) is 10.8 Å². The van der Waals surface area contributed by atoms with Crippen molar-refractivity contribution in [2.24, 2.45) is 11.3 Å². The van der Waals surface area contributed by atoms with Gasteiger partial charge in [-0.1, -0.05) is 32.0 Å². The molecule has 2 amide bonds. The summed E-state index contributed by atoms with van der Waals surface area (Å²) in [5.41, 5.74) is -0.0232. The molecule has 1 fully saturated rings. The molecular weight excluding hydrogens is 416 g/mol. The minimum Gasteiger partial charge on any atom is -0.355 e. The predicted octanol–water partition coefficient (Wildman–Crippen LogP) is 1.25. The lowest BCUT2D eigenvalue weighted by Crippen LogP contribution is -2.48. The standard InChI is InChI=1S/C22H36N4O4S/c1-22(2,17-24(3)4)16-23-21(28)18-11-13-26(14-12-18)20(27)15-25(5)31(29,30)19-9-7-6-8-10-19/h6-10,18H,11-17H2,1-5H3,(H,23,28). The first-order valence-corrected chi connectivity index (χ1v) is 12.1. The van der Waals surface area contributed by atoms with Crippen LogP contribution >= 0.6 is 0 Å². The fourth-order valence-corrected chi connectivity index (χ4v) is 5.06. The molecule has 1 aromatic carbocycles. The van der Waals surface area contributed by atoms with Gasteiger partial charge in [0.15, 0.2) is 0 Å². The van der Waals surface area contributed by atoms with E-state index in [1.807, 2.05) is 14.1 Å². The van der Waals surface area contributed by atoms with Gasteiger partial charge in [0.05, 0.1) is 11.4 Å². The predicted molar refractivity (Wildman–Crippen MR) is 121 cm³/mol. The molecule has 31 heavy (non-hydrogen) atoms. The molecular formula is C22H36N4O4S. The highest BCUT2D eigenvalue weighted by molar-refractivity contribution is 7.89. The Labute approximate surface area is 186 Å². The van der Waals surface area contributed by atoms with E-state index in [0.29, 0.717) is 32.5 Å². The maximum atomic E-state index is 12.6. The summed E-state index contributed by atoms with van der Waals surface area (Å²) in [5.74, 6) is -0.333. The van der Waals surface area contributed by atoms with Gasteiger partial charge >= 0.3 is 0 Å². The van der Waals surface area contributed by atoms with Gasteiger partial charge in [0.2, 0.25) is 21.8 Å². The number of nitrogens with zero attached hydrogens (tertiary/aromatic N) is 3. The zero-order chi connectivity index (χ0) is 23.2. The fraction of sp³-hybridized carbons (Fsp3) is 0.636. The zero-order valence-corrected chi connectivity index (χ0v) is 20.1. The molecule has 0 aliphatic carbocycles. The van der Waals surface area contributed by atoms with Crippen LogP contribution in [-0.2, 0) is 19.6 Å². The lowest BCUT2D eigenvalue weighted by atomic mass is 9.91. The number of rotatable bonds is 9. The monoisotopic (exact) mass is 452 g/mol. The molecule has 0 saturated carbocycles. The molecule has 1 saturated heterocycles. The van der Waals surface area contributed by atoms with E-state index >= 15 is 0 Å². The van der Waals surface area contributed by atoms with Crippen molar-refractivity contribution in [3.05, 3.63) is 30.3 Å². The Balaban J connectivity index is 1.82. The summed E-state index contributed by atoms with van der Waals surface area (Å²) < 4.78 is 26.3. The van der Waals surface area contributed by atoms with Crippen LogP contribution in [0, 0.1) is 11.3 Å². The van der Waals surface area contributed by atoms with Crippen LogP contribution in [0.3, 0.4) is 0 Å². The average Bonchev–Trinajstić information content (AvgIpc) is 2.71. The quantitative estimate of drug-likeness (QED) is 0.609. The summed E-state index contributed by atoms with van der Waals surface area (Å²) in [5, 5.41) is 3.06. The van der Waals surface area contributed by atoms with Crippen LogP contribution in [0.25, 0.3) is 0 Å². The molecule has 174 valence electrons. The first kappa shape index (κ1) is 25.3. The van der Waals surface area contributed by atoms with Crippen LogP contribution in [0.1, 0.15) is 26.7 Å². The first-order chi connectivity index (χ1) is 14.4. The second-order valence-electron chi connectivity index (χ2n) is 9.35. The van der Waals surface area contributed by atoms with Gasteiger partial charge in [-0.3, -0.25) is 9.59 Å². The third-order valence-corrected chi connectivity index (χ3v) is 7.33. The zero-order valence-electron chi connectivity index (χ0n) is 19.3.